The molecule has 6 heteroatoms. The first-order chi connectivity index (χ1) is 13.6. The molecule has 0 saturated carbocycles. The highest BCUT2D eigenvalue weighted by atomic mass is 32.2. The van der Waals surface area contributed by atoms with Gasteiger partial charge in [0.05, 0.1) is 11.1 Å². The Morgan fingerprint density at radius 2 is 2.00 bits per heavy atom. The maximum Gasteiger partial charge on any atom is 0.263 e. The molecule has 4 rings (SSSR count). The number of Topliss-reactive ketones (excluding diaryl/α,β-unsaturated/α-hetero) is 1. The molecule has 0 radical (unpaired) electrons. The molecular formula is C22H24N2O2S2. The predicted molar refractivity (Wildman–Crippen MR) is 117 cm³/mol. The first kappa shape index (κ1) is 19.4. The van der Waals surface area contributed by atoms with E-state index in [4.69, 9.17) is 4.98 Å². The zero-order chi connectivity index (χ0) is 19.7. The summed E-state index contributed by atoms with van der Waals surface area (Å²) < 4.78 is 1.81. The van der Waals surface area contributed by atoms with Crippen LogP contribution in [0.5, 0.6) is 0 Å². The minimum atomic E-state index is 0.0536. The van der Waals surface area contributed by atoms with Crippen LogP contribution in [0.3, 0.4) is 0 Å². The summed E-state index contributed by atoms with van der Waals surface area (Å²) in [6.45, 7) is 4.13. The summed E-state index contributed by atoms with van der Waals surface area (Å²) in [6, 6.07) is 9.35. The van der Waals surface area contributed by atoms with Crippen LogP contribution in [0, 0.1) is 0 Å². The van der Waals surface area contributed by atoms with E-state index in [9.17, 15) is 9.59 Å². The number of aryl methyl sites for hydroxylation is 2. The lowest BCUT2D eigenvalue weighted by Crippen LogP contribution is -2.26. The highest BCUT2D eigenvalue weighted by molar-refractivity contribution is 7.99. The van der Waals surface area contributed by atoms with Gasteiger partial charge in [0.15, 0.2) is 10.9 Å². The Morgan fingerprint density at radius 3 is 2.75 bits per heavy atom. The van der Waals surface area contributed by atoms with E-state index in [1.807, 2.05) is 34.9 Å². The molecule has 0 saturated heterocycles. The normalized spacial score (nSPS) is 14.8. The second kappa shape index (κ2) is 8.21. The summed E-state index contributed by atoms with van der Waals surface area (Å²) in [4.78, 5) is 33.0. The zero-order valence-corrected chi connectivity index (χ0v) is 17.9. The molecule has 2 heterocycles. The fourth-order valence-corrected chi connectivity index (χ4v) is 6.00. The van der Waals surface area contributed by atoms with Crippen molar-refractivity contribution >= 4 is 39.1 Å². The molecular weight excluding hydrogens is 388 g/mol. The summed E-state index contributed by atoms with van der Waals surface area (Å²) >= 11 is 3.04. The number of thiophene rings is 1. The quantitative estimate of drug-likeness (QED) is 0.314. The van der Waals surface area contributed by atoms with Gasteiger partial charge >= 0.3 is 0 Å². The van der Waals surface area contributed by atoms with Crippen LogP contribution in [0.15, 0.2) is 40.3 Å². The third kappa shape index (κ3) is 3.55. The number of hydrogen-bond acceptors (Lipinski definition) is 5. The minimum absolute atomic E-state index is 0.0536. The predicted octanol–water partition coefficient (Wildman–Crippen LogP) is 5.28. The van der Waals surface area contributed by atoms with Gasteiger partial charge in [0.25, 0.3) is 5.56 Å². The van der Waals surface area contributed by atoms with Crippen molar-refractivity contribution in [3.63, 3.8) is 0 Å². The highest BCUT2D eigenvalue weighted by Gasteiger charge is 2.24. The molecule has 2 aromatic heterocycles. The summed E-state index contributed by atoms with van der Waals surface area (Å²) in [5.41, 5.74) is 1.98. The number of benzene rings is 1. The molecule has 1 aromatic carbocycles. The Morgan fingerprint density at radius 1 is 1.25 bits per heavy atom. The number of carbonyl (C=O) groups is 1. The summed E-state index contributed by atoms with van der Waals surface area (Å²) in [5.74, 6) is 0.338. The number of carbonyl (C=O) groups excluding carboxylic acids is 1. The Labute approximate surface area is 173 Å². The van der Waals surface area contributed by atoms with Crippen molar-refractivity contribution in [3.8, 4) is 0 Å². The van der Waals surface area contributed by atoms with E-state index in [0.717, 1.165) is 35.9 Å². The van der Waals surface area contributed by atoms with Gasteiger partial charge in [0.2, 0.25) is 0 Å². The molecule has 0 amide bonds. The van der Waals surface area contributed by atoms with Gasteiger partial charge in [-0.15, -0.1) is 11.3 Å². The van der Waals surface area contributed by atoms with Gasteiger partial charge in [-0.3, -0.25) is 14.2 Å². The van der Waals surface area contributed by atoms with Crippen LogP contribution in [0.2, 0.25) is 0 Å². The van der Waals surface area contributed by atoms with Gasteiger partial charge in [-0.25, -0.2) is 4.98 Å². The number of rotatable bonds is 6. The van der Waals surface area contributed by atoms with Crippen molar-refractivity contribution in [2.75, 3.05) is 5.75 Å². The summed E-state index contributed by atoms with van der Waals surface area (Å²) in [5, 5.41) is 1.48. The molecule has 0 bridgehead atoms. The molecule has 0 unspecified atom stereocenters. The third-order valence-corrected chi connectivity index (χ3v) is 7.59. The topological polar surface area (TPSA) is 52.0 Å². The van der Waals surface area contributed by atoms with Crippen LogP contribution in [-0.4, -0.2) is 21.1 Å². The highest BCUT2D eigenvalue weighted by Crippen LogP contribution is 2.35. The number of ketones is 1. The molecule has 28 heavy (non-hydrogen) atoms. The van der Waals surface area contributed by atoms with E-state index >= 15 is 0 Å². The second-order valence-corrected chi connectivity index (χ2v) is 9.32. The van der Waals surface area contributed by atoms with Crippen molar-refractivity contribution in [1.82, 2.24) is 9.55 Å². The molecule has 1 aliphatic rings. The Hall–Kier alpha value is -1.92. The van der Waals surface area contributed by atoms with Gasteiger partial charge in [-0.1, -0.05) is 49.0 Å². The number of nitrogens with zero attached hydrogens (tertiary/aromatic N) is 2. The fourth-order valence-electron chi connectivity index (χ4n) is 3.71. The van der Waals surface area contributed by atoms with E-state index in [-0.39, 0.29) is 23.1 Å². The van der Waals surface area contributed by atoms with Gasteiger partial charge in [0.1, 0.15) is 4.83 Å². The Kier molecular flexibility index (Phi) is 5.69. The van der Waals surface area contributed by atoms with E-state index in [0.29, 0.717) is 10.7 Å². The first-order valence-electron chi connectivity index (χ1n) is 9.88. The lowest BCUT2D eigenvalue weighted by Gasteiger charge is -2.18. The second-order valence-electron chi connectivity index (χ2n) is 7.30. The van der Waals surface area contributed by atoms with E-state index in [2.05, 4.69) is 13.8 Å². The van der Waals surface area contributed by atoms with Gasteiger partial charge in [-0.2, -0.15) is 0 Å². The maximum absolute atomic E-state index is 13.4. The van der Waals surface area contributed by atoms with Crippen LogP contribution in [0.25, 0.3) is 10.2 Å². The summed E-state index contributed by atoms with van der Waals surface area (Å²) in [7, 11) is 0. The molecule has 146 valence electrons. The molecule has 0 aliphatic heterocycles. The molecule has 0 fully saturated rings. The molecule has 1 aliphatic carbocycles. The van der Waals surface area contributed by atoms with Crippen LogP contribution < -0.4 is 5.56 Å². The maximum atomic E-state index is 13.4. The fraction of sp³-hybridized carbons (Fsp3) is 0.409. The van der Waals surface area contributed by atoms with E-state index in [1.54, 1.807) is 11.3 Å². The lowest BCUT2D eigenvalue weighted by molar-refractivity contribution is 0.102. The molecule has 0 N–H and O–H groups in total. The molecule has 4 nitrogen and oxygen atoms in total. The van der Waals surface area contributed by atoms with Gasteiger partial charge < -0.3 is 0 Å². The number of thioether (sulfide) groups is 1. The molecule has 0 spiro atoms. The lowest BCUT2D eigenvalue weighted by atomic mass is 9.97. The van der Waals surface area contributed by atoms with Crippen LogP contribution in [0.4, 0.5) is 0 Å². The first-order valence-corrected chi connectivity index (χ1v) is 11.7. The minimum Gasteiger partial charge on any atom is -0.293 e. The summed E-state index contributed by atoms with van der Waals surface area (Å²) in [6.07, 6.45) is 5.20. The number of aromatic nitrogens is 2. The van der Waals surface area contributed by atoms with Gasteiger partial charge in [-0.05, 0) is 44.6 Å². The van der Waals surface area contributed by atoms with Crippen molar-refractivity contribution in [1.29, 1.82) is 0 Å². The van der Waals surface area contributed by atoms with E-state index in [1.165, 1.54) is 28.6 Å². The smallest absolute Gasteiger partial charge is 0.263 e. The van der Waals surface area contributed by atoms with Crippen molar-refractivity contribution < 1.29 is 4.79 Å². The number of fused-ring (bicyclic) bond motifs is 3. The Balaban J connectivity index is 1.74. The Bertz CT molecular complexity index is 1070. The largest absolute Gasteiger partial charge is 0.293 e. The SMILES string of the molecule is CC[C@H](C)n1c(SCC(=O)c2ccccc2)nc2sc3c(c2c1=O)CCCC3. The monoisotopic (exact) mass is 412 g/mol. The zero-order valence-electron chi connectivity index (χ0n) is 16.2. The average Bonchev–Trinajstić information content (AvgIpc) is 3.10. The van der Waals surface area contributed by atoms with Gasteiger partial charge in [0, 0.05) is 16.5 Å². The molecule has 1 atom stereocenters. The molecule has 3 aromatic rings. The van der Waals surface area contributed by atoms with Crippen molar-refractivity contribution in [3.05, 3.63) is 56.7 Å². The van der Waals surface area contributed by atoms with E-state index < -0.39 is 0 Å². The van der Waals surface area contributed by atoms with Crippen molar-refractivity contribution in [2.45, 2.75) is 57.1 Å². The van der Waals surface area contributed by atoms with Crippen molar-refractivity contribution in [2.24, 2.45) is 0 Å². The standard InChI is InChI=1S/C22H24N2O2S2/c1-3-14(2)24-21(26)19-16-11-7-8-12-18(16)28-20(19)23-22(24)27-13-17(25)15-9-5-4-6-10-15/h4-6,9-10,14H,3,7-8,11-13H2,1-2H3/t14-/m0/s1. The third-order valence-electron chi connectivity index (χ3n) is 5.45. The van der Waals surface area contributed by atoms with Crippen LogP contribution in [0.1, 0.15) is 60.0 Å². The van der Waals surface area contributed by atoms with Crippen LogP contribution in [-0.2, 0) is 12.8 Å². The number of hydrogen-bond donors (Lipinski definition) is 0. The van der Waals surface area contributed by atoms with Crippen LogP contribution >= 0.6 is 23.1 Å². The average molecular weight is 413 g/mol.